The Morgan fingerprint density at radius 3 is 1.76 bits per heavy atom. The van der Waals surface area contributed by atoms with Gasteiger partial charge in [-0.1, -0.05) is 52.2 Å². The Kier molecular flexibility index (Phi) is 11.8. The lowest BCUT2D eigenvalue weighted by Crippen LogP contribution is -2.21. The van der Waals surface area contributed by atoms with Crippen LogP contribution in [0.1, 0.15) is 115 Å². The average Bonchev–Trinajstić information content (AvgIpc) is 2.90. The van der Waals surface area contributed by atoms with Crippen LogP contribution in [0.25, 0.3) is 0 Å². The van der Waals surface area contributed by atoms with Gasteiger partial charge in [0.2, 0.25) is 5.75 Å². The summed E-state index contributed by atoms with van der Waals surface area (Å²) in [4.78, 5) is 52.5. The maximum atomic E-state index is 13.4. The van der Waals surface area contributed by atoms with Gasteiger partial charge in [-0.2, -0.15) is 0 Å². The second-order valence-electron chi connectivity index (χ2n) is 9.03. The number of benzene rings is 2. The van der Waals surface area contributed by atoms with Crippen molar-refractivity contribution in [1.29, 1.82) is 0 Å². The zero-order valence-corrected chi connectivity index (χ0v) is 22.2. The molecule has 0 aliphatic heterocycles. The number of rotatable bonds is 15. The van der Waals surface area contributed by atoms with E-state index in [1.165, 1.54) is 24.3 Å². The largest absolute Gasteiger partial charge is 0.508 e. The number of ether oxygens (including phenoxy) is 2. The Balaban J connectivity index is 2.71. The monoisotopic (exact) mass is 528 g/mol. The fourth-order valence-electron chi connectivity index (χ4n) is 3.77. The van der Waals surface area contributed by atoms with Crippen LogP contribution in [0.5, 0.6) is 23.0 Å². The van der Waals surface area contributed by atoms with Gasteiger partial charge in [0.05, 0.1) is 16.7 Å². The van der Waals surface area contributed by atoms with Gasteiger partial charge in [-0.15, -0.1) is 0 Å². The third-order valence-electron chi connectivity index (χ3n) is 5.94. The van der Waals surface area contributed by atoms with Gasteiger partial charge in [-0.25, -0.2) is 4.79 Å². The maximum Gasteiger partial charge on any atom is 0.340 e. The van der Waals surface area contributed by atoms with Crippen molar-refractivity contribution >= 4 is 23.5 Å². The quantitative estimate of drug-likeness (QED) is 0.109. The van der Waals surface area contributed by atoms with E-state index in [1.807, 2.05) is 20.8 Å². The number of carbonyl (C=O) groups is 4. The van der Waals surface area contributed by atoms with Crippen molar-refractivity contribution in [2.75, 3.05) is 0 Å². The zero-order chi connectivity index (χ0) is 28.2. The van der Waals surface area contributed by atoms with E-state index in [1.54, 1.807) is 0 Å². The van der Waals surface area contributed by atoms with Crippen molar-refractivity contribution in [3.8, 4) is 23.0 Å². The van der Waals surface area contributed by atoms with Crippen LogP contribution in [0.4, 0.5) is 0 Å². The predicted molar refractivity (Wildman–Crippen MR) is 140 cm³/mol. The molecule has 3 N–H and O–H groups in total. The van der Waals surface area contributed by atoms with E-state index >= 15 is 0 Å². The number of Topliss-reactive ketones (excluding diaryl/α,β-unsaturated/α-hetero) is 2. The van der Waals surface area contributed by atoms with Gasteiger partial charge in [0.1, 0.15) is 12.4 Å². The molecule has 0 bridgehead atoms. The molecule has 2 rings (SSSR count). The van der Waals surface area contributed by atoms with Crippen molar-refractivity contribution in [3.05, 3.63) is 46.5 Å². The highest BCUT2D eigenvalue weighted by molar-refractivity contribution is 6.17. The molecular formula is C29H36O9. The smallest absolute Gasteiger partial charge is 0.340 e. The summed E-state index contributed by atoms with van der Waals surface area (Å²) in [7, 11) is 0. The van der Waals surface area contributed by atoms with Gasteiger partial charge in [0.15, 0.2) is 23.1 Å². The number of carbonyl (C=O) groups excluding carboxylic acids is 4. The number of esters is 2. The van der Waals surface area contributed by atoms with Crippen LogP contribution in [0, 0.1) is 0 Å². The number of phenols is 3. The molecule has 0 aliphatic rings. The lowest BCUT2D eigenvalue weighted by atomic mass is 9.90. The Morgan fingerprint density at radius 2 is 1.21 bits per heavy atom. The highest BCUT2D eigenvalue weighted by atomic mass is 16.5. The maximum absolute atomic E-state index is 13.4. The fraction of sp³-hybridized carbons (Fsp3) is 0.448. The lowest BCUT2D eigenvalue weighted by Gasteiger charge is -2.20. The van der Waals surface area contributed by atoms with Crippen molar-refractivity contribution in [1.82, 2.24) is 0 Å². The van der Waals surface area contributed by atoms with E-state index in [2.05, 4.69) is 0 Å². The minimum atomic E-state index is -1.10. The van der Waals surface area contributed by atoms with Gasteiger partial charge in [0, 0.05) is 19.3 Å². The summed E-state index contributed by atoms with van der Waals surface area (Å²) >= 11 is 0. The van der Waals surface area contributed by atoms with E-state index in [9.17, 15) is 34.5 Å². The van der Waals surface area contributed by atoms with E-state index in [0.717, 1.165) is 0 Å². The van der Waals surface area contributed by atoms with Crippen LogP contribution >= 0.6 is 0 Å². The molecule has 0 amide bonds. The molecule has 0 aliphatic carbocycles. The standard InChI is InChI=1S/C29H36O9/c1-4-7-10-20(31)23-25(29(36)37-17-18-13-15-19(30)16-14-18)24(21(32)11-8-5-2)28(27(35)26(23)34)38-22(33)12-9-6-3/h13-16,30,34-35H,4-12,17H2,1-3H3. The second-order valence-corrected chi connectivity index (χ2v) is 9.03. The number of unbranched alkanes of at least 4 members (excludes halogenated alkanes) is 3. The van der Waals surface area contributed by atoms with Crippen LogP contribution in [-0.4, -0.2) is 38.8 Å². The van der Waals surface area contributed by atoms with Crippen LogP contribution in [0.2, 0.25) is 0 Å². The molecule has 0 fully saturated rings. The summed E-state index contributed by atoms with van der Waals surface area (Å²) in [6.45, 7) is 5.32. The number of hydrogen-bond donors (Lipinski definition) is 3. The second kappa shape index (κ2) is 14.8. The highest BCUT2D eigenvalue weighted by Gasteiger charge is 2.36. The van der Waals surface area contributed by atoms with Crippen LogP contribution in [-0.2, 0) is 16.1 Å². The normalized spacial score (nSPS) is 10.7. The number of aromatic hydroxyl groups is 3. The molecule has 38 heavy (non-hydrogen) atoms. The van der Waals surface area contributed by atoms with Crippen LogP contribution in [0.15, 0.2) is 24.3 Å². The molecule has 2 aromatic rings. The topological polar surface area (TPSA) is 147 Å². The summed E-state index contributed by atoms with van der Waals surface area (Å²) < 4.78 is 10.7. The summed E-state index contributed by atoms with van der Waals surface area (Å²) in [5.74, 6) is -5.71. The Hall–Kier alpha value is -3.88. The van der Waals surface area contributed by atoms with Gasteiger partial charge >= 0.3 is 11.9 Å². The highest BCUT2D eigenvalue weighted by Crippen LogP contribution is 2.46. The third kappa shape index (κ3) is 7.81. The molecule has 206 valence electrons. The van der Waals surface area contributed by atoms with Crippen molar-refractivity contribution in [2.24, 2.45) is 0 Å². The third-order valence-corrected chi connectivity index (χ3v) is 5.94. The average molecular weight is 529 g/mol. The fourth-order valence-corrected chi connectivity index (χ4v) is 3.77. The summed E-state index contributed by atoms with van der Waals surface area (Å²) in [6.07, 6.45) is 3.21. The number of phenolic OH excluding ortho intramolecular Hbond substituents is 3. The molecule has 2 aromatic carbocycles. The van der Waals surface area contributed by atoms with Gasteiger partial charge in [-0.3, -0.25) is 14.4 Å². The molecule has 0 radical (unpaired) electrons. The zero-order valence-electron chi connectivity index (χ0n) is 22.2. The number of hydrogen-bond acceptors (Lipinski definition) is 9. The van der Waals surface area contributed by atoms with Crippen LogP contribution < -0.4 is 4.74 Å². The van der Waals surface area contributed by atoms with E-state index in [-0.39, 0.29) is 31.6 Å². The molecule has 0 saturated heterocycles. The van der Waals surface area contributed by atoms with Crippen molar-refractivity contribution in [2.45, 2.75) is 85.2 Å². The molecule has 9 nitrogen and oxygen atoms in total. The number of ketones is 2. The van der Waals surface area contributed by atoms with Crippen LogP contribution in [0.3, 0.4) is 0 Å². The minimum absolute atomic E-state index is 0.0168. The Labute approximate surface area is 222 Å². The summed E-state index contributed by atoms with van der Waals surface area (Å²) in [6, 6.07) is 5.86. The van der Waals surface area contributed by atoms with Crippen molar-refractivity contribution < 1.29 is 44.0 Å². The SMILES string of the molecule is CCCCC(=O)Oc1c(O)c(O)c(C(=O)CCCC)c(C(=O)OCc2ccc(O)cc2)c1C(=O)CCCC. The summed E-state index contributed by atoms with van der Waals surface area (Å²) in [5, 5.41) is 31.2. The molecule has 0 atom stereocenters. The van der Waals surface area contributed by atoms with Crippen molar-refractivity contribution in [3.63, 3.8) is 0 Å². The molecule has 0 unspecified atom stereocenters. The van der Waals surface area contributed by atoms with E-state index < -0.39 is 57.4 Å². The molecule has 0 saturated carbocycles. The molecule has 0 spiro atoms. The Bertz CT molecular complexity index is 1150. The first-order valence-electron chi connectivity index (χ1n) is 13.0. The van der Waals surface area contributed by atoms with Gasteiger partial charge in [0.25, 0.3) is 0 Å². The van der Waals surface area contributed by atoms with E-state index in [4.69, 9.17) is 9.47 Å². The first kappa shape index (κ1) is 30.3. The molecule has 9 heteroatoms. The first-order chi connectivity index (χ1) is 18.2. The van der Waals surface area contributed by atoms with Gasteiger partial charge in [-0.05, 0) is 37.0 Å². The Morgan fingerprint density at radius 1 is 0.684 bits per heavy atom. The minimum Gasteiger partial charge on any atom is -0.508 e. The molecular weight excluding hydrogens is 492 g/mol. The first-order valence-corrected chi connectivity index (χ1v) is 13.0. The van der Waals surface area contributed by atoms with Gasteiger partial charge < -0.3 is 24.8 Å². The predicted octanol–water partition coefficient (Wildman–Crippen LogP) is 6.00. The molecule has 0 heterocycles. The lowest BCUT2D eigenvalue weighted by molar-refractivity contribution is -0.134. The molecule has 0 aromatic heterocycles. The van der Waals surface area contributed by atoms with E-state index in [0.29, 0.717) is 44.1 Å². The summed E-state index contributed by atoms with van der Waals surface area (Å²) in [5.41, 5.74) is -1.03.